The van der Waals surface area contributed by atoms with Crippen molar-refractivity contribution >= 4 is 5.78 Å². The second kappa shape index (κ2) is 4.80. The lowest BCUT2D eigenvalue weighted by Gasteiger charge is -2.08. The van der Waals surface area contributed by atoms with Crippen molar-refractivity contribution in [1.82, 2.24) is 0 Å². The predicted molar refractivity (Wildman–Crippen MR) is 56.7 cm³/mol. The van der Waals surface area contributed by atoms with E-state index in [1.807, 2.05) is 32.0 Å². The van der Waals surface area contributed by atoms with Crippen LogP contribution in [0.2, 0.25) is 0 Å². The maximum Gasteiger partial charge on any atom is 0.134 e. The van der Waals surface area contributed by atoms with Crippen LogP contribution in [0.25, 0.3) is 0 Å². The zero-order valence-electron chi connectivity index (χ0n) is 8.96. The molecule has 0 fully saturated rings. The normalized spacial score (nSPS) is 9.93. The molecule has 0 saturated heterocycles. The summed E-state index contributed by atoms with van der Waals surface area (Å²) in [5, 5.41) is 0. The Morgan fingerprint density at radius 3 is 2.64 bits per heavy atom. The van der Waals surface area contributed by atoms with E-state index in [-0.39, 0.29) is 5.78 Å². The molecule has 0 saturated carbocycles. The van der Waals surface area contributed by atoms with Crippen LogP contribution in [0.1, 0.15) is 25.0 Å². The lowest BCUT2D eigenvalue weighted by molar-refractivity contribution is -0.116. The van der Waals surface area contributed by atoms with E-state index < -0.39 is 0 Å². The molecule has 0 aliphatic rings. The van der Waals surface area contributed by atoms with Crippen molar-refractivity contribution < 1.29 is 9.53 Å². The van der Waals surface area contributed by atoms with Crippen molar-refractivity contribution in [3.8, 4) is 5.75 Å². The molecule has 76 valence electrons. The Kier molecular flexibility index (Phi) is 3.69. The van der Waals surface area contributed by atoms with Gasteiger partial charge in [0.25, 0.3) is 0 Å². The number of ketones is 1. The molecule has 0 radical (unpaired) electrons. The molecule has 0 aliphatic carbocycles. The highest BCUT2D eigenvalue weighted by Crippen LogP contribution is 2.19. The van der Waals surface area contributed by atoms with Crippen LogP contribution in [0.4, 0.5) is 0 Å². The number of rotatable bonds is 4. The number of Topliss-reactive ketones (excluding diaryl/α,β-unsaturated/α-hetero) is 1. The highest BCUT2D eigenvalue weighted by Gasteiger charge is 2.02. The molecule has 2 heteroatoms. The van der Waals surface area contributed by atoms with Gasteiger partial charge >= 0.3 is 0 Å². The zero-order chi connectivity index (χ0) is 10.6. The number of carbonyl (C=O) groups is 1. The van der Waals surface area contributed by atoms with Crippen LogP contribution in [0, 0.1) is 6.92 Å². The first-order chi connectivity index (χ1) is 6.63. The van der Waals surface area contributed by atoms with E-state index in [2.05, 4.69) is 0 Å². The van der Waals surface area contributed by atoms with Crippen molar-refractivity contribution in [2.75, 3.05) is 6.61 Å². The quantitative estimate of drug-likeness (QED) is 0.732. The van der Waals surface area contributed by atoms with Crippen molar-refractivity contribution in [3.63, 3.8) is 0 Å². The summed E-state index contributed by atoms with van der Waals surface area (Å²) in [4.78, 5) is 10.9. The Morgan fingerprint density at radius 2 is 2.14 bits per heavy atom. The summed E-state index contributed by atoms with van der Waals surface area (Å²) in [5.41, 5.74) is 2.14. The lowest BCUT2D eigenvalue weighted by atomic mass is 10.1. The molecule has 0 aliphatic heterocycles. The van der Waals surface area contributed by atoms with Gasteiger partial charge in [0, 0.05) is 6.42 Å². The first-order valence-electron chi connectivity index (χ1n) is 4.85. The SMILES string of the molecule is CCOc1ccc(CC(C)=O)cc1C. The first kappa shape index (κ1) is 10.8. The molecule has 0 atom stereocenters. The Morgan fingerprint density at radius 1 is 1.43 bits per heavy atom. The fourth-order valence-electron chi connectivity index (χ4n) is 1.43. The summed E-state index contributed by atoms with van der Waals surface area (Å²) in [6.45, 7) is 6.23. The molecule has 0 amide bonds. The van der Waals surface area contributed by atoms with Crippen LogP contribution >= 0.6 is 0 Å². The molecule has 1 aromatic carbocycles. The van der Waals surface area contributed by atoms with Gasteiger partial charge in [-0.15, -0.1) is 0 Å². The third kappa shape index (κ3) is 2.87. The van der Waals surface area contributed by atoms with Gasteiger partial charge in [0.2, 0.25) is 0 Å². The van der Waals surface area contributed by atoms with E-state index in [1.165, 1.54) is 0 Å². The van der Waals surface area contributed by atoms with Crippen LogP contribution < -0.4 is 4.74 Å². The average Bonchev–Trinajstić information content (AvgIpc) is 2.09. The molecule has 1 aromatic rings. The fraction of sp³-hybridized carbons (Fsp3) is 0.417. The van der Waals surface area contributed by atoms with E-state index >= 15 is 0 Å². The summed E-state index contributed by atoms with van der Waals surface area (Å²) < 4.78 is 5.41. The van der Waals surface area contributed by atoms with Crippen molar-refractivity contribution in [1.29, 1.82) is 0 Å². The van der Waals surface area contributed by atoms with E-state index in [4.69, 9.17) is 4.74 Å². The standard InChI is InChI=1S/C12H16O2/c1-4-14-12-6-5-11(7-9(12)2)8-10(3)13/h5-7H,4,8H2,1-3H3. The smallest absolute Gasteiger partial charge is 0.134 e. The number of benzene rings is 1. The van der Waals surface area contributed by atoms with Crippen LogP contribution in [0.15, 0.2) is 18.2 Å². The Labute approximate surface area is 84.9 Å². The maximum absolute atomic E-state index is 10.9. The van der Waals surface area contributed by atoms with Gasteiger partial charge in [0.05, 0.1) is 6.61 Å². The van der Waals surface area contributed by atoms with Gasteiger partial charge in [-0.25, -0.2) is 0 Å². The molecule has 14 heavy (non-hydrogen) atoms. The molecule has 2 nitrogen and oxygen atoms in total. The first-order valence-corrected chi connectivity index (χ1v) is 4.85. The summed E-state index contributed by atoms with van der Waals surface area (Å²) in [6.07, 6.45) is 0.507. The van der Waals surface area contributed by atoms with Gasteiger partial charge in [0.15, 0.2) is 0 Å². The van der Waals surface area contributed by atoms with Gasteiger partial charge in [-0.05, 0) is 38.0 Å². The second-order valence-corrected chi connectivity index (χ2v) is 3.41. The maximum atomic E-state index is 10.9. The highest BCUT2D eigenvalue weighted by molar-refractivity contribution is 5.78. The molecule has 0 aromatic heterocycles. The van der Waals surface area contributed by atoms with Crippen LogP contribution in [-0.2, 0) is 11.2 Å². The third-order valence-corrected chi connectivity index (χ3v) is 1.99. The van der Waals surface area contributed by atoms with Gasteiger partial charge in [-0.2, -0.15) is 0 Å². The van der Waals surface area contributed by atoms with Gasteiger partial charge in [-0.3, -0.25) is 4.79 Å². The molecular weight excluding hydrogens is 176 g/mol. The highest BCUT2D eigenvalue weighted by atomic mass is 16.5. The Balaban J connectivity index is 2.83. The number of aryl methyl sites for hydroxylation is 1. The van der Waals surface area contributed by atoms with Gasteiger partial charge in [0.1, 0.15) is 11.5 Å². The van der Waals surface area contributed by atoms with Crippen LogP contribution in [0.3, 0.4) is 0 Å². The van der Waals surface area contributed by atoms with Crippen LogP contribution in [-0.4, -0.2) is 12.4 Å². The van der Waals surface area contributed by atoms with Crippen molar-refractivity contribution in [3.05, 3.63) is 29.3 Å². The monoisotopic (exact) mass is 192 g/mol. The summed E-state index contributed by atoms with van der Waals surface area (Å²) in [7, 11) is 0. The topological polar surface area (TPSA) is 26.3 Å². The zero-order valence-corrected chi connectivity index (χ0v) is 8.96. The predicted octanol–water partition coefficient (Wildman–Crippen LogP) is 2.53. The van der Waals surface area contributed by atoms with Crippen LogP contribution in [0.5, 0.6) is 5.75 Å². The molecule has 0 heterocycles. The number of hydrogen-bond acceptors (Lipinski definition) is 2. The molecule has 0 spiro atoms. The number of carbonyl (C=O) groups excluding carboxylic acids is 1. The van der Waals surface area contributed by atoms with Crippen molar-refractivity contribution in [2.45, 2.75) is 27.2 Å². The summed E-state index contributed by atoms with van der Waals surface area (Å²) in [6, 6.07) is 5.88. The molecular formula is C12H16O2. The largest absolute Gasteiger partial charge is 0.494 e. The van der Waals surface area contributed by atoms with E-state index in [9.17, 15) is 4.79 Å². The Hall–Kier alpha value is -1.31. The minimum atomic E-state index is 0.188. The van der Waals surface area contributed by atoms with Gasteiger partial charge in [-0.1, -0.05) is 12.1 Å². The molecule has 1 rings (SSSR count). The minimum absolute atomic E-state index is 0.188. The molecule has 0 N–H and O–H groups in total. The lowest BCUT2D eigenvalue weighted by Crippen LogP contribution is -1.98. The van der Waals surface area contributed by atoms with Gasteiger partial charge < -0.3 is 4.74 Å². The van der Waals surface area contributed by atoms with E-state index in [1.54, 1.807) is 6.92 Å². The van der Waals surface area contributed by atoms with E-state index in [0.29, 0.717) is 13.0 Å². The number of ether oxygens (including phenoxy) is 1. The minimum Gasteiger partial charge on any atom is -0.494 e. The average molecular weight is 192 g/mol. The Bertz CT molecular complexity index is 329. The van der Waals surface area contributed by atoms with Crippen molar-refractivity contribution in [2.24, 2.45) is 0 Å². The summed E-state index contributed by atoms with van der Waals surface area (Å²) >= 11 is 0. The van der Waals surface area contributed by atoms with E-state index in [0.717, 1.165) is 16.9 Å². The third-order valence-electron chi connectivity index (χ3n) is 1.99. The number of hydrogen-bond donors (Lipinski definition) is 0. The fourth-order valence-corrected chi connectivity index (χ4v) is 1.43. The second-order valence-electron chi connectivity index (χ2n) is 3.41. The molecule has 0 unspecified atom stereocenters. The summed E-state index contributed by atoms with van der Waals surface area (Å²) in [5.74, 6) is 1.09. The molecule has 0 bridgehead atoms.